The zero-order valence-electron chi connectivity index (χ0n) is 23.7. The Bertz CT molecular complexity index is 1190. The standard InChI is InChI=1S/C29H42N8O5/c30-28-27(42)21-26(33-24-5-1-22(2-6-24)31-9-11-36(13-17-38)14-18-39)29(35-28)34-25-7-3-23(4-8-25)32-10-12-37(15-19-40)16-20-41/h1-8,21,31-33,38-41H,9-20H2,(H2,30,34,35). The van der Waals surface area contributed by atoms with Gasteiger partial charge in [-0.3, -0.25) is 14.6 Å². The molecule has 0 atom stereocenters. The van der Waals surface area contributed by atoms with Crippen molar-refractivity contribution in [1.82, 2.24) is 9.80 Å². The highest BCUT2D eigenvalue weighted by atomic mass is 16.3. The molecule has 2 aromatic rings. The molecule has 0 amide bonds. The van der Waals surface area contributed by atoms with E-state index in [2.05, 4.69) is 25.9 Å². The van der Waals surface area contributed by atoms with Gasteiger partial charge in [-0.25, -0.2) is 9.98 Å². The minimum Gasteiger partial charge on any atom is -0.395 e. The van der Waals surface area contributed by atoms with Crippen LogP contribution in [0, 0.1) is 0 Å². The summed E-state index contributed by atoms with van der Waals surface area (Å²) in [4.78, 5) is 25.0. The number of ketones is 1. The molecule has 0 saturated carbocycles. The van der Waals surface area contributed by atoms with E-state index in [4.69, 9.17) is 26.2 Å². The lowest BCUT2D eigenvalue weighted by molar-refractivity contribution is -0.109. The molecule has 0 unspecified atom stereocenters. The van der Waals surface area contributed by atoms with Gasteiger partial charge in [-0.15, -0.1) is 0 Å². The average Bonchev–Trinajstić information content (AvgIpc) is 2.98. The lowest BCUT2D eigenvalue weighted by Crippen LogP contribution is -2.34. The van der Waals surface area contributed by atoms with Crippen LogP contribution in [0.2, 0.25) is 0 Å². The molecule has 2 aromatic carbocycles. The predicted molar refractivity (Wildman–Crippen MR) is 167 cm³/mol. The number of nitrogens with one attached hydrogen (secondary N) is 3. The molecule has 0 aromatic heterocycles. The number of carbonyl (C=O) groups is 1. The molecule has 3 rings (SSSR count). The van der Waals surface area contributed by atoms with Gasteiger partial charge in [-0.05, 0) is 48.5 Å². The maximum Gasteiger partial charge on any atom is 0.222 e. The lowest BCUT2D eigenvalue weighted by atomic mass is 10.2. The van der Waals surface area contributed by atoms with Crippen LogP contribution in [0.4, 0.5) is 22.7 Å². The highest BCUT2D eigenvalue weighted by Gasteiger charge is 2.19. The second-order valence-electron chi connectivity index (χ2n) is 9.54. The van der Waals surface area contributed by atoms with Crippen molar-refractivity contribution in [2.75, 3.05) is 94.7 Å². The van der Waals surface area contributed by atoms with E-state index in [1.165, 1.54) is 6.08 Å². The van der Waals surface area contributed by atoms with Crippen LogP contribution < -0.4 is 21.7 Å². The van der Waals surface area contributed by atoms with Crippen molar-refractivity contribution in [1.29, 1.82) is 0 Å². The van der Waals surface area contributed by atoms with Gasteiger partial charge in [0.05, 0.1) is 37.8 Å². The maximum absolute atomic E-state index is 12.3. The first kappa shape index (κ1) is 32.7. The summed E-state index contributed by atoms with van der Waals surface area (Å²) in [7, 11) is 0. The quantitative estimate of drug-likeness (QED) is 0.112. The SMILES string of the molecule is NC1=NC(=Nc2ccc(NCCN(CCO)CCO)cc2)C(Nc2ccc(NCCN(CCO)CCO)cc2)=CC1=O. The van der Waals surface area contributed by atoms with Crippen molar-refractivity contribution in [3.8, 4) is 0 Å². The van der Waals surface area contributed by atoms with Gasteiger partial charge in [-0.2, -0.15) is 0 Å². The number of aliphatic hydroxyl groups excluding tert-OH is 4. The first-order valence-corrected chi connectivity index (χ1v) is 14.0. The van der Waals surface area contributed by atoms with Gasteiger partial charge in [0.25, 0.3) is 0 Å². The van der Waals surface area contributed by atoms with E-state index in [0.717, 1.165) is 17.1 Å². The topological polar surface area (TPSA) is 191 Å². The molecule has 0 spiro atoms. The summed E-state index contributed by atoms with van der Waals surface area (Å²) in [6.07, 6.45) is 1.38. The van der Waals surface area contributed by atoms with Crippen LogP contribution in [-0.4, -0.2) is 126 Å². The third kappa shape index (κ3) is 10.9. The van der Waals surface area contributed by atoms with Crippen molar-refractivity contribution in [2.45, 2.75) is 0 Å². The van der Waals surface area contributed by atoms with E-state index in [0.29, 0.717) is 63.7 Å². The van der Waals surface area contributed by atoms with Crippen molar-refractivity contribution in [3.63, 3.8) is 0 Å². The number of rotatable bonds is 19. The fraction of sp³-hybridized carbons (Fsp3) is 0.414. The molecule has 1 aliphatic rings. The molecule has 228 valence electrons. The summed E-state index contributed by atoms with van der Waals surface area (Å²) in [6.45, 7) is 4.85. The van der Waals surface area contributed by atoms with Crippen LogP contribution in [0.1, 0.15) is 0 Å². The van der Waals surface area contributed by atoms with Crippen LogP contribution in [0.25, 0.3) is 0 Å². The number of nitrogens with zero attached hydrogens (tertiary/aromatic N) is 4. The van der Waals surface area contributed by atoms with Crippen molar-refractivity contribution >= 4 is 40.2 Å². The molecule has 0 fully saturated rings. The molecule has 0 saturated heterocycles. The Kier molecular flexibility index (Phi) is 13.9. The summed E-state index contributed by atoms with van der Waals surface area (Å²) in [5.74, 6) is -0.253. The number of amidine groups is 2. The van der Waals surface area contributed by atoms with Crippen LogP contribution in [-0.2, 0) is 4.79 Å². The van der Waals surface area contributed by atoms with Crippen molar-refractivity contribution in [2.24, 2.45) is 15.7 Å². The number of aliphatic hydroxyl groups is 4. The highest BCUT2D eigenvalue weighted by molar-refractivity contribution is 6.47. The summed E-state index contributed by atoms with van der Waals surface area (Å²) in [6, 6.07) is 15.0. The average molecular weight is 583 g/mol. The zero-order chi connectivity index (χ0) is 30.2. The molecule has 42 heavy (non-hydrogen) atoms. The van der Waals surface area contributed by atoms with Gasteiger partial charge in [0.1, 0.15) is 0 Å². The predicted octanol–water partition coefficient (Wildman–Crippen LogP) is 0.0495. The molecule has 13 heteroatoms. The third-order valence-electron chi connectivity index (χ3n) is 6.44. The maximum atomic E-state index is 12.3. The smallest absolute Gasteiger partial charge is 0.222 e. The molecule has 13 nitrogen and oxygen atoms in total. The van der Waals surface area contributed by atoms with E-state index < -0.39 is 5.78 Å². The molecule has 9 N–H and O–H groups in total. The van der Waals surface area contributed by atoms with E-state index in [-0.39, 0.29) is 38.1 Å². The van der Waals surface area contributed by atoms with Gasteiger partial charge in [0, 0.05) is 75.5 Å². The number of anilines is 3. The summed E-state index contributed by atoms with van der Waals surface area (Å²) in [5, 5.41) is 46.4. The largest absolute Gasteiger partial charge is 0.395 e. The van der Waals surface area contributed by atoms with Gasteiger partial charge in [0.15, 0.2) is 11.7 Å². The summed E-state index contributed by atoms with van der Waals surface area (Å²) < 4.78 is 0. The molecule has 0 aliphatic carbocycles. The monoisotopic (exact) mass is 582 g/mol. The first-order chi connectivity index (χ1) is 20.4. The van der Waals surface area contributed by atoms with Gasteiger partial charge >= 0.3 is 0 Å². The zero-order valence-corrected chi connectivity index (χ0v) is 23.7. The Morgan fingerprint density at radius 3 is 1.62 bits per heavy atom. The van der Waals surface area contributed by atoms with Gasteiger partial charge < -0.3 is 42.1 Å². The van der Waals surface area contributed by atoms with Crippen molar-refractivity contribution in [3.05, 3.63) is 60.3 Å². The van der Waals surface area contributed by atoms with Crippen molar-refractivity contribution < 1.29 is 25.2 Å². The summed E-state index contributed by atoms with van der Waals surface area (Å²) in [5.41, 5.74) is 9.40. The lowest BCUT2D eigenvalue weighted by Gasteiger charge is -2.20. The Balaban J connectivity index is 1.60. The molecule has 0 bridgehead atoms. The number of hydrogen-bond acceptors (Lipinski definition) is 12. The Hall–Kier alpha value is -3.85. The Labute approximate surface area is 246 Å². The fourth-order valence-corrected chi connectivity index (χ4v) is 4.23. The normalized spacial score (nSPS) is 14.3. The van der Waals surface area contributed by atoms with Gasteiger partial charge in [0.2, 0.25) is 5.78 Å². The van der Waals surface area contributed by atoms with Crippen LogP contribution >= 0.6 is 0 Å². The number of dihydropyridines is 1. The Morgan fingerprint density at radius 1 is 0.690 bits per heavy atom. The number of benzene rings is 2. The van der Waals surface area contributed by atoms with E-state index in [9.17, 15) is 4.79 Å². The molecule has 0 radical (unpaired) electrons. The number of aliphatic imine (C=N–C) groups is 2. The number of hydrogen-bond donors (Lipinski definition) is 8. The Morgan fingerprint density at radius 2 is 1.14 bits per heavy atom. The van der Waals surface area contributed by atoms with E-state index in [1.807, 2.05) is 58.3 Å². The van der Waals surface area contributed by atoms with Crippen LogP contribution in [0.5, 0.6) is 0 Å². The minimum absolute atomic E-state index is 0.0415. The van der Waals surface area contributed by atoms with Crippen LogP contribution in [0.3, 0.4) is 0 Å². The molecule has 1 heterocycles. The molecular formula is C29H42N8O5. The summed E-state index contributed by atoms with van der Waals surface area (Å²) >= 11 is 0. The fourth-order valence-electron chi connectivity index (χ4n) is 4.23. The number of nitrogens with two attached hydrogens (primary N) is 1. The van der Waals surface area contributed by atoms with E-state index in [1.54, 1.807) is 0 Å². The molecule has 1 aliphatic heterocycles. The third-order valence-corrected chi connectivity index (χ3v) is 6.44. The second-order valence-corrected chi connectivity index (χ2v) is 9.54. The minimum atomic E-state index is -0.402. The van der Waals surface area contributed by atoms with Crippen LogP contribution in [0.15, 0.2) is 70.3 Å². The van der Waals surface area contributed by atoms with E-state index >= 15 is 0 Å². The number of carbonyl (C=O) groups excluding carboxylic acids is 1. The highest BCUT2D eigenvalue weighted by Crippen LogP contribution is 2.21. The first-order valence-electron chi connectivity index (χ1n) is 14.0. The van der Waals surface area contributed by atoms with Gasteiger partial charge in [-0.1, -0.05) is 0 Å². The molecular weight excluding hydrogens is 540 g/mol. The second kappa shape index (κ2) is 17.9.